The largest absolute Gasteiger partial charge is 0.492 e. The average molecular weight is 460 g/mol. The van der Waals surface area contributed by atoms with E-state index in [1.807, 2.05) is 0 Å². The first-order valence-corrected chi connectivity index (χ1v) is 8.67. The molecule has 0 aromatic heterocycles. The lowest BCUT2D eigenvalue weighted by molar-refractivity contribution is -0.114. The van der Waals surface area contributed by atoms with Crippen molar-refractivity contribution in [1.29, 1.82) is 0 Å². The van der Waals surface area contributed by atoms with Crippen molar-refractivity contribution in [1.82, 2.24) is 0 Å². The number of carbonyl (C=O) groups is 2. The Hall–Kier alpha value is -1.37. The number of halogens is 3. The fraction of sp³-hybridized carbons (Fsp3) is 0.125. The van der Waals surface area contributed by atoms with Crippen molar-refractivity contribution >= 4 is 60.8 Å². The highest BCUT2D eigenvalue weighted by Crippen LogP contribution is 2.38. The zero-order chi connectivity index (χ0) is 16.6. The van der Waals surface area contributed by atoms with Crippen LogP contribution in [0.5, 0.6) is 5.75 Å². The van der Waals surface area contributed by atoms with Crippen molar-refractivity contribution in [2.75, 3.05) is 18.1 Å². The van der Waals surface area contributed by atoms with Crippen LogP contribution in [0.15, 0.2) is 45.3 Å². The summed E-state index contributed by atoms with van der Waals surface area (Å²) in [5.74, 6) is -0.394. The summed E-state index contributed by atoms with van der Waals surface area (Å²) in [7, 11) is 0. The Morgan fingerprint density at radius 2 is 1.78 bits per heavy atom. The maximum atomic E-state index is 12.2. The van der Waals surface area contributed by atoms with Gasteiger partial charge in [0.2, 0.25) is 0 Å². The number of anilines is 1. The number of hydrogen-bond donors (Lipinski definition) is 0. The normalized spacial score (nSPS) is 13.4. The lowest BCUT2D eigenvalue weighted by Gasteiger charge is -2.18. The minimum atomic E-state index is -0.543. The van der Waals surface area contributed by atoms with Crippen LogP contribution in [0.2, 0.25) is 5.02 Å². The third-order valence-electron chi connectivity index (χ3n) is 3.38. The molecule has 3 rings (SSSR count). The molecule has 4 nitrogen and oxygen atoms in total. The van der Waals surface area contributed by atoms with E-state index in [-0.39, 0.29) is 13.2 Å². The smallest absolute Gasteiger partial charge is 0.299 e. The Morgan fingerprint density at radius 3 is 2.48 bits per heavy atom. The Balaban J connectivity index is 1.75. The fourth-order valence-corrected chi connectivity index (χ4v) is 3.92. The molecular weight excluding hydrogens is 449 g/mol. The Bertz CT molecular complexity index is 793. The molecule has 2 aromatic rings. The second-order valence-electron chi connectivity index (χ2n) is 4.87. The molecule has 0 unspecified atom stereocenters. The van der Waals surface area contributed by atoms with Gasteiger partial charge in [0.25, 0.3) is 11.7 Å². The van der Waals surface area contributed by atoms with Crippen LogP contribution in [0.25, 0.3) is 0 Å². The highest BCUT2D eigenvalue weighted by molar-refractivity contribution is 9.11. The zero-order valence-corrected chi connectivity index (χ0v) is 15.6. The van der Waals surface area contributed by atoms with E-state index in [0.29, 0.717) is 26.5 Å². The van der Waals surface area contributed by atoms with E-state index < -0.39 is 11.7 Å². The van der Waals surface area contributed by atoms with Crippen LogP contribution < -0.4 is 9.64 Å². The molecule has 0 saturated carbocycles. The molecule has 0 bridgehead atoms. The van der Waals surface area contributed by atoms with E-state index in [9.17, 15) is 9.59 Å². The van der Waals surface area contributed by atoms with E-state index >= 15 is 0 Å². The standard InChI is InChI=1S/C16H10Br2ClNO3/c17-9-7-12-14(13(18)8-9)20(16(22)15(12)21)5-6-23-11-3-1-10(19)2-4-11/h1-4,7-8H,5-6H2. The van der Waals surface area contributed by atoms with Gasteiger partial charge in [-0.3, -0.25) is 9.59 Å². The minimum Gasteiger partial charge on any atom is -0.492 e. The quantitative estimate of drug-likeness (QED) is 0.634. The summed E-state index contributed by atoms with van der Waals surface area (Å²) in [6.45, 7) is 0.545. The number of nitrogens with zero attached hydrogens (tertiary/aromatic N) is 1. The number of fused-ring (bicyclic) bond motifs is 1. The van der Waals surface area contributed by atoms with E-state index in [1.165, 1.54) is 4.90 Å². The molecule has 7 heteroatoms. The lowest BCUT2D eigenvalue weighted by atomic mass is 10.1. The molecule has 1 heterocycles. The molecule has 0 radical (unpaired) electrons. The molecule has 0 N–H and O–H groups in total. The van der Waals surface area contributed by atoms with Gasteiger partial charge in [-0.2, -0.15) is 0 Å². The van der Waals surface area contributed by atoms with Crippen LogP contribution in [0.1, 0.15) is 10.4 Å². The summed E-state index contributed by atoms with van der Waals surface area (Å²) in [4.78, 5) is 25.7. The van der Waals surface area contributed by atoms with Crippen LogP contribution in [0, 0.1) is 0 Å². The predicted octanol–water partition coefficient (Wildman–Crippen LogP) is 4.47. The molecule has 0 aliphatic carbocycles. The first kappa shape index (κ1) is 16.5. The molecule has 2 aromatic carbocycles. The molecule has 0 saturated heterocycles. The van der Waals surface area contributed by atoms with E-state index in [0.717, 1.165) is 4.47 Å². The Kier molecular flexibility index (Phi) is 4.75. The van der Waals surface area contributed by atoms with Gasteiger partial charge < -0.3 is 9.64 Å². The number of Topliss-reactive ketones (excluding diaryl/α,β-unsaturated/α-hetero) is 1. The van der Waals surface area contributed by atoms with Crippen LogP contribution in [-0.4, -0.2) is 24.8 Å². The van der Waals surface area contributed by atoms with Crippen molar-refractivity contribution in [3.63, 3.8) is 0 Å². The summed E-state index contributed by atoms with van der Waals surface area (Å²) in [6, 6.07) is 10.4. The van der Waals surface area contributed by atoms with Gasteiger partial charge in [0, 0.05) is 14.0 Å². The first-order valence-electron chi connectivity index (χ1n) is 6.71. The molecule has 1 aliphatic heterocycles. The number of benzene rings is 2. The average Bonchev–Trinajstić information content (AvgIpc) is 2.74. The number of ether oxygens (including phenoxy) is 1. The summed E-state index contributed by atoms with van der Waals surface area (Å²) in [5.41, 5.74) is 0.977. The summed E-state index contributed by atoms with van der Waals surface area (Å²) >= 11 is 12.5. The Morgan fingerprint density at radius 1 is 1.09 bits per heavy atom. The van der Waals surface area contributed by atoms with E-state index in [4.69, 9.17) is 16.3 Å². The highest BCUT2D eigenvalue weighted by atomic mass is 79.9. The minimum absolute atomic E-state index is 0.266. The number of carbonyl (C=O) groups excluding carboxylic acids is 2. The van der Waals surface area contributed by atoms with Gasteiger partial charge in [0.05, 0.1) is 17.8 Å². The van der Waals surface area contributed by atoms with Crippen molar-refractivity contribution in [2.45, 2.75) is 0 Å². The van der Waals surface area contributed by atoms with Gasteiger partial charge in [-0.15, -0.1) is 0 Å². The van der Waals surface area contributed by atoms with Crippen molar-refractivity contribution in [2.24, 2.45) is 0 Å². The van der Waals surface area contributed by atoms with Crippen LogP contribution in [-0.2, 0) is 4.79 Å². The van der Waals surface area contributed by atoms with Gasteiger partial charge in [0.15, 0.2) is 0 Å². The lowest BCUT2D eigenvalue weighted by Crippen LogP contribution is -2.33. The first-order chi connectivity index (χ1) is 11.0. The molecule has 1 amide bonds. The van der Waals surface area contributed by atoms with E-state index in [2.05, 4.69) is 31.9 Å². The molecule has 1 aliphatic rings. The maximum absolute atomic E-state index is 12.2. The Labute approximate surface area is 154 Å². The molecule has 23 heavy (non-hydrogen) atoms. The predicted molar refractivity (Wildman–Crippen MR) is 95.5 cm³/mol. The third kappa shape index (κ3) is 3.29. The maximum Gasteiger partial charge on any atom is 0.299 e. The molecular formula is C16H10Br2ClNO3. The highest BCUT2D eigenvalue weighted by Gasteiger charge is 2.37. The number of amides is 1. The van der Waals surface area contributed by atoms with Crippen molar-refractivity contribution in [3.8, 4) is 5.75 Å². The van der Waals surface area contributed by atoms with Crippen LogP contribution in [0.3, 0.4) is 0 Å². The van der Waals surface area contributed by atoms with Crippen LogP contribution in [0.4, 0.5) is 5.69 Å². The SMILES string of the molecule is O=C1C(=O)N(CCOc2ccc(Cl)cc2)c2c(Br)cc(Br)cc21. The van der Waals surface area contributed by atoms with Crippen molar-refractivity contribution in [3.05, 3.63) is 55.9 Å². The van der Waals surface area contributed by atoms with Gasteiger partial charge in [-0.25, -0.2) is 0 Å². The molecule has 0 spiro atoms. The second kappa shape index (κ2) is 6.63. The van der Waals surface area contributed by atoms with E-state index in [1.54, 1.807) is 36.4 Å². The molecule has 0 fully saturated rings. The number of ketones is 1. The fourth-order valence-electron chi connectivity index (χ4n) is 2.35. The van der Waals surface area contributed by atoms with Crippen molar-refractivity contribution < 1.29 is 14.3 Å². The zero-order valence-electron chi connectivity index (χ0n) is 11.7. The number of hydrogen-bond acceptors (Lipinski definition) is 3. The van der Waals surface area contributed by atoms with Gasteiger partial charge >= 0.3 is 0 Å². The number of rotatable bonds is 4. The second-order valence-corrected chi connectivity index (χ2v) is 7.08. The monoisotopic (exact) mass is 457 g/mol. The van der Waals surface area contributed by atoms with Gasteiger partial charge in [-0.1, -0.05) is 27.5 Å². The molecule has 118 valence electrons. The van der Waals surface area contributed by atoms with Crippen LogP contribution >= 0.6 is 43.5 Å². The summed E-state index contributed by atoms with van der Waals surface area (Å²) in [5, 5.41) is 0.626. The third-order valence-corrected chi connectivity index (χ3v) is 4.69. The summed E-state index contributed by atoms with van der Waals surface area (Å²) in [6.07, 6.45) is 0. The molecule has 0 atom stereocenters. The van der Waals surface area contributed by atoms with Gasteiger partial charge in [-0.05, 0) is 52.3 Å². The summed E-state index contributed by atoms with van der Waals surface area (Å²) < 4.78 is 7.02. The topological polar surface area (TPSA) is 46.6 Å². The van der Waals surface area contributed by atoms with Gasteiger partial charge in [0.1, 0.15) is 12.4 Å².